The van der Waals surface area contributed by atoms with Crippen LogP contribution in [0.4, 0.5) is 13.2 Å². The van der Waals surface area contributed by atoms with E-state index in [4.69, 9.17) is 4.74 Å². The number of rotatable bonds is 2. The molecular weight excluding hydrogens is 419 g/mol. The van der Waals surface area contributed by atoms with E-state index in [-0.39, 0.29) is 30.6 Å². The molecule has 1 saturated carbocycles. The third-order valence-corrected chi connectivity index (χ3v) is 6.40. The van der Waals surface area contributed by atoms with Crippen LogP contribution in [0.2, 0.25) is 0 Å². The maximum Gasteiger partial charge on any atom is 0.417 e. The molecule has 1 saturated heterocycles. The Balaban J connectivity index is 0.000000913. The van der Waals surface area contributed by atoms with Crippen molar-refractivity contribution >= 4 is 5.91 Å². The van der Waals surface area contributed by atoms with E-state index in [0.29, 0.717) is 30.3 Å². The molecule has 1 amide bonds. The smallest absolute Gasteiger partial charge is 0.373 e. The van der Waals surface area contributed by atoms with E-state index in [1.165, 1.54) is 6.42 Å². The van der Waals surface area contributed by atoms with E-state index >= 15 is 0 Å². The van der Waals surface area contributed by atoms with Gasteiger partial charge in [0.25, 0.3) is 0 Å². The molecule has 32 heavy (non-hydrogen) atoms. The zero-order chi connectivity index (χ0) is 23.5. The number of aromatic nitrogens is 1. The van der Waals surface area contributed by atoms with Gasteiger partial charge in [-0.2, -0.15) is 13.2 Å². The van der Waals surface area contributed by atoms with Crippen LogP contribution in [0.3, 0.4) is 0 Å². The minimum Gasteiger partial charge on any atom is -0.373 e. The normalized spacial score (nSPS) is 28.7. The van der Waals surface area contributed by atoms with Gasteiger partial charge in [0.15, 0.2) is 0 Å². The summed E-state index contributed by atoms with van der Waals surface area (Å²) in [4.78, 5) is 21.2. The molecule has 5 nitrogen and oxygen atoms in total. The van der Waals surface area contributed by atoms with Gasteiger partial charge in [0, 0.05) is 56.5 Å². The zero-order valence-electron chi connectivity index (χ0n) is 19.6. The van der Waals surface area contributed by atoms with Crippen molar-refractivity contribution in [2.45, 2.75) is 90.8 Å². The van der Waals surface area contributed by atoms with E-state index < -0.39 is 11.7 Å². The van der Waals surface area contributed by atoms with Gasteiger partial charge >= 0.3 is 6.18 Å². The summed E-state index contributed by atoms with van der Waals surface area (Å²) < 4.78 is 44.8. The number of amides is 1. The van der Waals surface area contributed by atoms with Gasteiger partial charge < -0.3 is 9.64 Å². The number of carbonyl (C=O) groups excluding carboxylic acids is 1. The van der Waals surface area contributed by atoms with Crippen LogP contribution >= 0.6 is 0 Å². The number of ether oxygens (including phenoxy) is 1. The second-order valence-corrected chi connectivity index (χ2v) is 9.42. The van der Waals surface area contributed by atoms with Crippen LogP contribution in [0.5, 0.6) is 0 Å². The van der Waals surface area contributed by atoms with Crippen LogP contribution in [0, 0.1) is 5.92 Å². The molecule has 8 heteroatoms. The Morgan fingerprint density at radius 2 is 1.84 bits per heavy atom. The second kappa shape index (κ2) is 10.5. The molecule has 2 fully saturated rings. The first-order valence-electron chi connectivity index (χ1n) is 11.9. The highest BCUT2D eigenvalue weighted by atomic mass is 19.4. The summed E-state index contributed by atoms with van der Waals surface area (Å²) in [5.41, 5.74) is 0.439. The van der Waals surface area contributed by atoms with Gasteiger partial charge in [-0.25, -0.2) is 0 Å². The third kappa shape index (κ3) is 6.01. The molecule has 1 aromatic heterocycles. The molecule has 3 aliphatic rings. The number of nitrogens with zero attached hydrogens (tertiary/aromatic N) is 3. The lowest BCUT2D eigenvalue weighted by atomic mass is 10.00. The summed E-state index contributed by atoms with van der Waals surface area (Å²) in [6, 6.07) is 1.53. The lowest BCUT2D eigenvalue weighted by Crippen LogP contribution is -2.49. The van der Waals surface area contributed by atoms with Crippen molar-refractivity contribution in [2.24, 2.45) is 5.92 Å². The van der Waals surface area contributed by atoms with Crippen molar-refractivity contribution in [2.75, 3.05) is 19.6 Å². The fraction of sp³-hybridized carbons (Fsp3) is 0.750. The highest BCUT2D eigenvalue weighted by molar-refractivity contribution is 5.79. The Morgan fingerprint density at radius 1 is 1.19 bits per heavy atom. The molecule has 4 unspecified atom stereocenters. The molecule has 0 bridgehead atoms. The molecule has 0 N–H and O–H groups in total. The predicted molar refractivity (Wildman–Crippen MR) is 117 cm³/mol. The largest absolute Gasteiger partial charge is 0.417 e. The van der Waals surface area contributed by atoms with Crippen molar-refractivity contribution in [3.63, 3.8) is 0 Å². The van der Waals surface area contributed by atoms with E-state index in [0.717, 1.165) is 44.6 Å². The number of fused-ring (bicyclic) bond motifs is 1. The van der Waals surface area contributed by atoms with Gasteiger partial charge in [-0.3, -0.25) is 14.7 Å². The number of hydrogen-bond acceptors (Lipinski definition) is 4. The highest BCUT2D eigenvalue weighted by Crippen LogP contribution is 2.34. The van der Waals surface area contributed by atoms with E-state index in [1.54, 1.807) is 4.90 Å². The fourth-order valence-corrected chi connectivity index (χ4v) is 5.06. The molecule has 0 aromatic carbocycles. The van der Waals surface area contributed by atoms with Gasteiger partial charge in [0.1, 0.15) is 0 Å². The first kappa shape index (κ1) is 25.0. The number of alkyl halides is 3. The van der Waals surface area contributed by atoms with Crippen molar-refractivity contribution in [1.82, 2.24) is 14.8 Å². The minimum absolute atomic E-state index is 0.0474. The van der Waals surface area contributed by atoms with E-state index in [2.05, 4.69) is 37.6 Å². The zero-order valence-corrected chi connectivity index (χ0v) is 19.6. The van der Waals surface area contributed by atoms with Gasteiger partial charge in [0.2, 0.25) is 5.91 Å². The number of morpholine rings is 1. The van der Waals surface area contributed by atoms with Crippen LogP contribution in [0.15, 0.2) is 12.3 Å². The maximum absolute atomic E-state index is 13.1. The molecule has 180 valence electrons. The van der Waals surface area contributed by atoms with Crippen molar-refractivity contribution in [3.8, 4) is 0 Å². The number of carbonyl (C=O) groups is 1. The first-order valence-corrected chi connectivity index (χ1v) is 11.9. The summed E-state index contributed by atoms with van der Waals surface area (Å²) in [6.07, 6.45) is 1.27. The lowest BCUT2D eigenvalue weighted by molar-refractivity contribution is -0.137. The summed E-state index contributed by atoms with van der Waals surface area (Å²) in [5.74, 6) is 0.0266. The van der Waals surface area contributed by atoms with Gasteiger partial charge in [-0.1, -0.05) is 20.3 Å². The number of pyridine rings is 1. The van der Waals surface area contributed by atoms with Crippen molar-refractivity contribution in [3.05, 3.63) is 29.1 Å². The van der Waals surface area contributed by atoms with Gasteiger partial charge in [-0.15, -0.1) is 0 Å². The number of halogens is 3. The van der Waals surface area contributed by atoms with Crippen LogP contribution in [0.1, 0.15) is 70.2 Å². The Hall–Kier alpha value is -1.67. The van der Waals surface area contributed by atoms with Gasteiger partial charge in [-0.05, 0) is 44.7 Å². The summed E-state index contributed by atoms with van der Waals surface area (Å²) >= 11 is 0. The van der Waals surface area contributed by atoms with Crippen molar-refractivity contribution in [1.29, 1.82) is 0 Å². The maximum atomic E-state index is 13.1. The molecule has 4 atom stereocenters. The Morgan fingerprint density at radius 3 is 2.47 bits per heavy atom. The first-order chi connectivity index (χ1) is 15.1. The Labute approximate surface area is 189 Å². The lowest BCUT2D eigenvalue weighted by Gasteiger charge is -2.39. The topological polar surface area (TPSA) is 45.7 Å². The van der Waals surface area contributed by atoms with E-state index in [1.807, 2.05) is 0 Å². The van der Waals surface area contributed by atoms with E-state index in [9.17, 15) is 18.0 Å². The molecule has 0 spiro atoms. The summed E-state index contributed by atoms with van der Waals surface area (Å²) in [5, 5.41) is 0. The van der Waals surface area contributed by atoms with Crippen LogP contribution in [-0.4, -0.2) is 58.6 Å². The predicted octanol–water partition coefficient (Wildman–Crippen LogP) is 4.68. The molecule has 3 heterocycles. The fourth-order valence-electron chi connectivity index (χ4n) is 5.06. The van der Waals surface area contributed by atoms with Crippen LogP contribution in [-0.2, 0) is 28.7 Å². The number of hydrogen-bond donors (Lipinski definition) is 0. The Bertz CT molecular complexity index is 776. The molecular formula is C24H36F3N3O2. The molecule has 1 aliphatic carbocycles. The van der Waals surface area contributed by atoms with Crippen LogP contribution < -0.4 is 0 Å². The minimum atomic E-state index is -4.42. The highest BCUT2D eigenvalue weighted by Gasteiger charge is 2.39. The summed E-state index contributed by atoms with van der Waals surface area (Å²) in [7, 11) is 0. The SMILES string of the molecule is CC1CN(C2CCC(C(=O)N3CCc4ncc(C(F)(F)F)cc4C3)C2)CC(C)O1.CCC. The molecule has 0 radical (unpaired) electrons. The molecule has 4 rings (SSSR count). The standard InChI is InChI=1S/C21H28F3N3O2.C3H8/c1-13-10-27(11-14(2)29-13)18-4-3-15(8-18)20(28)26-6-5-19-16(12-26)7-17(9-25-19)21(22,23)24;1-3-2/h7,9,13-15,18H,3-6,8,10-12H2,1-2H3;3H2,1-2H3. The van der Waals surface area contributed by atoms with Gasteiger partial charge in [0.05, 0.1) is 17.8 Å². The average molecular weight is 456 g/mol. The quantitative estimate of drug-likeness (QED) is 0.650. The third-order valence-electron chi connectivity index (χ3n) is 6.40. The Kier molecular flexibility index (Phi) is 8.20. The monoisotopic (exact) mass is 455 g/mol. The molecule has 2 aliphatic heterocycles. The average Bonchev–Trinajstić information content (AvgIpc) is 3.22. The summed E-state index contributed by atoms with van der Waals surface area (Å²) in [6.45, 7) is 10.9. The second-order valence-electron chi connectivity index (χ2n) is 9.42. The molecule has 1 aromatic rings. The van der Waals surface area contributed by atoms with Crippen LogP contribution in [0.25, 0.3) is 0 Å². The van der Waals surface area contributed by atoms with Crippen molar-refractivity contribution < 1.29 is 22.7 Å².